The van der Waals surface area contributed by atoms with Crippen molar-refractivity contribution in [2.24, 2.45) is 0 Å². The second-order valence-electron chi connectivity index (χ2n) is 2.02. The van der Waals surface area contributed by atoms with Gasteiger partial charge in [0.05, 0.1) is 0 Å². The van der Waals surface area contributed by atoms with Gasteiger partial charge in [-0.15, -0.1) is 0 Å². The Morgan fingerprint density at radius 2 is 1.80 bits per heavy atom. The van der Waals surface area contributed by atoms with Crippen LogP contribution in [0.25, 0.3) is 0 Å². The van der Waals surface area contributed by atoms with Gasteiger partial charge in [0.25, 0.3) is 0 Å². The number of rotatable bonds is 0. The molecule has 0 unspecified atom stereocenters. The van der Waals surface area contributed by atoms with Gasteiger partial charge in [0, 0.05) is 6.07 Å². The second-order valence-corrected chi connectivity index (χ2v) is 2.02. The fourth-order valence-corrected chi connectivity index (χ4v) is 0.839. The number of hydrogen-bond donors (Lipinski definition) is 3. The molecule has 0 saturated carbocycles. The number of aromatic hydroxyl groups is 3. The number of phenolic OH excluding ortho intramolecular Hbond substituents is 3. The van der Waals surface area contributed by atoms with Crippen molar-refractivity contribution in [2.75, 3.05) is 0 Å². The molecule has 3 N–H and O–H groups in total. The third-order valence-corrected chi connectivity index (χ3v) is 1.39. The standard InChI is InChI=1S/C6H4O4/c7-2-1-3-5(9)6(10-3)4(2)8/h1,7-9H. The van der Waals surface area contributed by atoms with Crippen molar-refractivity contribution in [3.05, 3.63) is 6.07 Å². The molecule has 1 aromatic carbocycles. The third-order valence-electron chi connectivity index (χ3n) is 1.39. The minimum Gasteiger partial charge on any atom is -0.504 e. The van der Waals surface area contributed by atoms with E-state index in [4.69, 9.17) is 20.1 Å². The molecule has 3 rings (SSSR count). The van der Waals surface area contributed by atoms with Crippen LogP contribution in [-0.4, -0.2) is 15.3 Å². The molecule has 52 valence electrons. The maximum absolute atomic E-state index is 8.90. The van der Waals surface area contributed by atoms with E-state index in [9.17, 15) is 0 Å². The van der Waals surface area contributed by atoms with Gasteiger partial charge in [-0.3, -0.25) is 0 Å². The van der Waals surface area contributed by atoms with Gasteiger partial charge >= 0.3 is 0 Å². The van der Waals surface area contributed by atoms with Gasteiger partial charge in [-0.05, 0) is 0 Å². The quantitative estimate of drug-likeness (QED) is 0.375. The van der Waals surface area contributed by atoms with Gasteiger partial charge in [0.2, 0.25) is 17.2 Å². The highest BCUT2D eigenvalue weighted by Crippen LogP contribution is 2.58. The maximum Gasteiger partial charge on any atom is 0.218 e. The predicted octanol–water partition coefficient (Wildman–Crippen LogP) is 0.909. The molecule has 0 fully saturated rings. The van der Waals surface area contributed by atoms with Crippen molar-refractivity contribution in [2.45, 2.75) is 0 Å². The molecule has 2 aliphatic rings. The smallest absolute Gasteiger partial charge is 0.218 e. The van der Waals surface area contributed by atoms with Gasteiger partial charge in [-0.1, -0.05) is 0 Å². The average molecular weight is 140 g/mol. The number of ether oxygens (including phenoxy) is 1. The fraction of sp³-hybridized carbons (Fsp3) is 0. The highest BCUT2D eigenvalue weighted by atomic mass is 16.5. The summed E-state index contributed by atoms with van der Waals surface area (Å²) in [7, 11) is 0. The van der Waals surface area contributed by atoms with Gasteiger partial charge in [0.15, 0.2) is 11.5 Å². The van der Waals surface area contributed by atoms with Crippen molar-refractivity contribution in [1.29, 1.82) is 0 Å². The molecule has 0 amide bonds. The lowest BCUT2D eigenvalue weighted by Gasteiger charge is -2.20. The molecule has 0 aliphatic carbocycles. The zero-order chi connectivity index (χ0) is 7.30. The topological polar surface area (TPSA) is 69.9 Å². The summed E-state index contributed by atoms with van der Waals surface area (Å²) in [5, 5.41) is 26.6. The van der Waals surface area contributed by atoms with Crippen LogP contribution in [0.4, 0.5) is 0 Å². The first-order chi connectivity index (χ1) is 4.70. The number of hydrogen-bond acceptors (Lipinski definition) is 4. The van der Waals surface area contributed by atoms with Crippen LogP contribution in [0.1, 0.15) is 0 Å². The van der Waals surface area contributed by atoms with E-state index in [1.54, 1.807) is 0 Å². The number of phenols is 3. The largest absolute Gasteiger partial charge is 0.504 e. The normalized spacial score (nSPS) is 12.0. The average Bonchev–Trinajstić information content (AvgIpc) is 1.92. The zero-order valence-corrected chi connectivity index (χ0v) is 4.83. The lowest BCUT2D eigenvalue weighted by atomic mass is 10.2. The second kappa shape index (κ2) is 1.29. The van der Waals surface area contributed by atoms with Gasteiger partial charge in [0.1, 0.15) is 0 Å². The predicted molar refractivity (Wildman–Crippen MR) is 31.5 cm³/mol. The molecule has 0 aromatic heterocycles. The minimum absolute atomic E-state index is 0.0463. The van der Waals surface area contributed by atoms with Crippen LogP contribution in [0.15, 0.2) is 6.07 Å². The fourth-order valence-electron chi connectivity index (χ4n) is 0.839. The third kappa shape index (κ3) is 0.375. The Kier molecular flexibility index (Phi) is 0.672. The molecule has 10 heavy (non-hydrogen) atoms. The van der Waals surface area contributed by atoms with Crippen LogP contribution in [0, 0.1) is 0 Å². The lowest BCUT2D eigenvalue weighted by Crippen LogP contribution is -1.96. The molecule has 4 nitrogen and oxygen atoms in total. The van der Waals surface area contributed by atoms with E-state index in [0.29, 0.717) is 0 Å². The van der Waals surface area contributed by atoms with Gasteiger partial charge in [-0.2, -0.15) is 0 Å². The molecule has 1 aromatic rings. The van der Waals surface area contributed by atoms with E-state index in [2.05, 4.69) is 0 Å². The summed E-state index contributed by atoms with van der Waals surface area (Å²) in [5.74, 6) is -0.628. The summed E-state index contributed by atoms with van der Waals surface area (Å²) in [6.45, 7) is 0. The number of benzene rings is 1. The van der Waals surface area contributed by atoms with Crippen LogP contribution < -0.4 is 4.74 Å². The minimum atomic E-state index is -0.410. The molecule has 0 spiro atoms. The molecule has 2 bridgehead atoms. The van der Waals surface area contributed by atoms with E-state index < -0.39 is 5.75 Å². The Labute approximate surface area is 55.9 Å². The lowest BCUT2D eigenvalue weighted by molar-refractivity contribution is 0.296. The highest BCUT2D eigenvalue weighted by molar-refractivity contribution is 5.71. The Hall–Kier alpha value is -1.58. The van der Waals surface area contributed by atoms with E-state index in [-0.39, 0.29) is 23.0 Å². The monoisotopic (exact) mass is 140 g/mol. The molecule has 0 saturated heterocycles. The first kappa shape index (κ1) is 5.22. The maximum atomic E-state index is 8.90. The number of fused-ring (bicyclic) bond motifs is 2. The Morgan fingerprint density at radius 3 is 2.20 bits per heavy atom. The first-order valence-corrected chi connectivity index (χ1v) is 2.66. The molecule has 2 aliphatic heterocycles. The van der Waals surface area contributed by atoms with E-state index in [1.165, 1.54) is 0 Å². The van der Waals surface area contributed by atoms with Crippen molar-refractivity contribution >= 4 is 0 Å². The van der Waals surface area contributed by atoms with Gasteiger partial charge < -0.3 is 20.1 Å². The first-order valence-electron chi connectivity index (χ1n) is 2.66. The summed E-state index contributed by atoms with van der Waals surface area (Å²) >= 11 is 0. The Bertz CT molecular complexity index is 296. The molecule has 0 radical (unpaired) electrons. The van der Waals surface area contributed by atoms with Crippen LogP contribution in [0.5, 0.6) is 28.7 Å². The highest BCUT2D eigenvalue weighted by Gasteiger charge is 2.28. The van der Waals surface area contributed by atoms with Crippen LogP contribution >= 0.6 is 0 Å². The van der Waals surface area contributed by atoms with Crippen LogP contribution in [-0.2, 0) is 0 Å². The van der Waals surface area contributed by atoms with Crippen molar-refractivity contribution in [3.8, 4) is 28.7 Å². The molecule has 2 heterocycles. The summed E-state index contributed by atoms with van der Waals surface area (Å²) < 4.78 is 4.69. The Morgan fingerprint density at radius 1 is 1.10 bits per heavy atom. The summed E-state index contributed by atoms with van der Waals surface area (Å²) in [5.41, 5.74) is 0. The SMILES string of the molecule is Oc1cc2c(O)c(c1O)O2. The van der Waals surface area contributed by atoms with E-state index in [1.807, 2.05) is 0 Å². The van der Waals surface area contributed by atoms with E-state index >= 15 is 0 Å². The summed E-state index contributed by atoms with van der Waals surface area (Å²) in [4.78, 5) is 0. The van der Waals surface area contributed by atoms with Crippen LogP contribution in [0.3, 0.4) is 0 Å². The summed E-state index contributed by atoms with van der Waals surface area (Å²) in [6.07, 6.45) is 0. The van der Waals surface area contributed by atoms with E-state index in [0.717, 1.165) is 6.07 Å². The van der Waals surface area contributed by atoms with Crippen molar-refractivity contribution < 1.29 is 20.1 Å². The van der Waals surface area contributed by atoms with Crippen molar-refractivity contribution in [3.63, 3.8) is 0 Å². The van der Waals surface area contributed by atoms with Crippen molar-refractivity contribution in [1.82, 2.24) is 0 Å². The zero-order valence-electron chi connectivity index (χ0n) is 4.83. The molecule has 0 atom stereocenters. The molecular weight excluding hydrogens is 136 g/mol. The van der Waals surface area contributed by atoms with Gasteiger partial charge in [-0.25, -0.2) is 0 Å². The molecule has 4 heteroatoms. The van der Waals surface area contributed by atoms with Crippen LogP contribution in [0.2, 0.25) is 0 Å². The molecular formula is C6H4O4. The Balaban J connectivity index is 2.74. The summed E-state index contributed by atoms with van der Waals surface area (Å²) in [6, 6.07) is 1.15.